The molecule has 1 aromatic rings. The second-order valence-electron chi connectivity index (χ2n) is 6.67. The van der Waals surface area contributed by atoms with Crippen molar-refractivity contribution < 1.29 is 14.3 Å². The van der Waals surface area contributed by atoms with Crippen LogP contribution in [0, 0.1) is 5.41 Å². The van der Waals surface area contributed by atoms with Crippen molar-refractivity contribution in [1.82, 2.24) is 10.6 Å². The highest BCUT2D eigenvalue weighted by Crippen LogP contribution is 2.27. The molecule has 0 aliphatic carbocycles. The molecular formula is C19H30N2O3. The minimum atomic E-state index is 0.108. The molecule has 2 N–H and O–H groups in total. The lowest BCUT2D eigenvalue weighted by Crippen LogP contribution is -2.42. The van der Waals surface area contributed by atoms with Gasteiger partial charge in [0.1, 0.15) is 0 Å². The number of para-hydroxylation sites is 2. The van der Waals surface area contributed by atoms with Gasteiger partial charge in [0.2, 0.25) is 5.91 Å². The largest absolute Gasteiger partial charge is 0.490 e. The lowest BCUT2D eigenvalue weighted by molar-refractivity contribution is -0.121. The molecule has 1 aliphatic rings. The molecule has 1 saturated heterocycles. The van der Waals surface area contributed by atoms with Crippen LogP contribution < -0.4 is 20.1 Å². The molecule has 0 aromatic heterocycles. The molecule has 5 heteroatoms. The van der Waals surface area contributed by atoms with Gasteiger partial charge in [-0.15, -0.1) is 0 Å². The van der Waals surface area contributed by atoms with Crippen molar-refractivity contribution in [2.24, 2.45) is 5.41 Å². The number of carbonyl (C=O) groups is 1. The van der Waals surface area contributed by atoms with Gasteiger partial charge in [0, 0.05) is 13.0 Å². The van der Waals surface area contributed by atoms with Crippen molar-refractivity contribution in [3.05, 3.63) is 24.3 Å². The number of hydrogen-bond acceptors (Lipinski definition) is 4. The molecule has 5 nitrogen and oxygen atoms in total. The predicted octanol–water partition coefficient (Wildman–Crippen LogP) is 2.75. The molecule has 1 aromatic carbocycles. The van der Waals surface area contributed by atoms with E-state index >= 15 is 0 Å². The first-order valence-electron chi connectivity index (χ1n) is 8.95. The number of piperidine rings is 1. The molecule has 24 heavy (non-hydrogen) atoms. The van der Waals surface area contributed by atoms with Crippen molar-refractivity contribution >= 4 is 5.91 Å². The fraction of sp³-hybridized carbons (Fsp3) is 0.632. The van der Waals surface area contributed by atoms with Crippen LogP contribution in [0.15, 0.2) is 24.3 Å². The Morgan fingerprint density at radius 2 is 1.88 bits per heavy atom. The van der Waals surface area contributed by atoms with E-state index in [1.165, 1.54) is 0 Å². The smallest absolute Gasteiger partial charge is 0.220 e. The summed E-state index contributed by atoms with van der Waals surface area (Å²) >= 11 is 0. The number of carbonyl (C=O) groups excluding carboxylic acids is 1. The first kappa shape index (κ1) is 18.6. The number of amides is 1. The van der Waals surface area contributed by atoms with Crippen LogP contribution in [0.1, 0.15) is 39.5 Å². The Labute approximate surface area is 145 Å². The van der Waals surface area contributed by atoms with E-state index in [-0.39, 0.29) is 11.3 Å². The van der Waals surface area contributed by atoms with E-state index in [0.29, 0.717) is 26.1 Å². The summed E-state index contributed by atoms with van der Waals surface area (Å²) in [5, 5.41) is 6.44. The van der Waals surface area contributed by atoms with Gasteiger partial charge < -0.3 is 20.1 Å². The highest BCUT2D eigenvalue weighted by molar-refractivity contribution is 5.75. The van der Waals surface area contributed by atoms with Gasteiger partial charge in [0.25, 0.3) is 0 Å². The van der Waals surface area contributed by atoms with Crippen molar-refractivity contribution in [3.63, 3.8) is 0 Å². The van der Waals surface area contributed by atoms with Gasteiger partial charge in [-0.1, -0.05) is 19.1 Å². The predicted molar refractivity (Wildman–Crippen MR) is 95.6 cm³/mol. The zero-order valence-electron chi connectivity index (χ0n) is 14.9. The van der Waals surface area contributed by atoms with Crippen molar-refractivity contribution in [3.8, 4) is 11.5 Å². The number of ether oxygens (including phenoxy) is 2. The SMILES string of the molecule is CCOc1ccccc1OCCCC(=O)NCC1(C)CCNCC1. The lowest BCUT2D eigenvalue weighted by Gasteiger charge is -2.34. The van der Waals surface area contributed by atoms with Crippen molar-refractivity contribution in [2.75, 3.05) is 32.8 Å². The van der Waals surface area contributed by atoms with E-state index in [9.17, 15) is 4.79 Å². The standard InChI is InChI=1S/C19H30N2O3/c1-3-23-16-7-4-5-8-17(16)24-14-6-9-18(22)21-15-19(2)10-12-20-13-11-19/h4-5,7-8,20H,3,6,9-15H2,1-2H3,(H,21,22). The van der Waals surface area contributed by atoms with Crippen LogP contribution in [-0.4, -0.2) is 38.8 Å². The van der Waals surface area contributed by atoms with Gasteiger partial charge in [-0.2, -0.15) is 0 Å². The summed E-state index contributed by atoms with van der Waals surface area (Å²) in [5.41, 5.74) is 0.230. The highest BCUT2D eigenvalue weighted by Gasteiger charge is 2.26. The molecule has 134 valence electrons. The Bertz CT molecular complexity index is 513. The summed E-state index contributed by atoms with van der Waals surface area (Å²) in [4.78, 5) is 12.0. The van der Waals surface area contributed by atoms with E-state index in [1.54, 1.807) is 0 Å². The highest BCUT2D eigenvalue weighted by atomic mass is 16.5. The number of rotatable bonds is 9. The molecule has 2 rings (SSSR count). The van der Waals surface area contributed by atoms with Gasteiger partial charge in [-0.3, -0.25) is 4.79 Å². The minimum Gasteiger partial charge on any atom is -0.490 e. The maximum Gasteiger partial charge on any atom is 0.220 e. The quantitative estimate of drug-likeness (QED) is 0.682. The average molecular weight is 334 g/mol. The topological polar surface area (TPSA) is 59.6 Å². The summed E-state index contributed by atoms with van der Waals surface area (Å²) in [6.07, 6.45) is 3.42. The molecule has 1 heterocycles. The van der Waals surface area contributed by atoms with E-state index in [0.717, 1.165) is 44.0 Å². The summed E-state index contributed by atoms with van der Waals surface area (Å²) in [6, 6.07) is 7.63. The number of benzene rings is 1. The Kier molecular flexibility index (Phi) is 7.37. The Balaban J connectivity index is 1.64. The average Bonchev–Trinajstić information content (AvgIpc) is 2.59. The molecule has 0 bridgehead atoms. The third kappa shape index (κ3) is 6.04. The third-order valence-electron chi connectivity index (χ3n) is 4.48. The van der Waals surface area contributed by atoms with E-state index < -0.39 is 0 Å². The fourth-order valence-electron chi connectivity index (χ4n) is 2.87. The molecule has 0 atom stereocenters. The first-order valence-corrected chi connectivity index (χ1v) is 8.95. The molecule has 0 radical (unpaired) electrons. The van der Waals surface area contributed by atoms with Gasteiger partial charge in [0.05, 0.1) is 13.2 Å². The third-order valence-corrected chi connectivity index (χ3v) is 4.48. The second-order valence-corrected chi connectivity index (χ2v) is 6.67. The monoisotopic (exact) mass is 334 g/mol. The van der Waals surface area contributed by atoms with E-state index in [4.69, 9.17) is 9.47 Å². The zero-order chi connectivity index (χ0) is 17.3. The van der Waals surface area contributed by atoms with Crippen LogP contribution in [0.3, 0.4) is 0 Å². The first-order chi connectivity index (χ1) is 11.6. The maximum absolute atomic E-state index is 12.0. The number of hydrogen-bond donors (Lipinski definition) is 2. The summed E-state index contributed by atoms with van der Waals surface area (Å²) < 4.78 is 11.3. The molecular weight excluding hydrogens is 304 g/mol. The molecule has 0 saturated carbocycles. The lowest BCUT2D eigenvalue weighted by atomic mass is 9.81. The Hall–Kier alpha value is -1.75. The minimum absolute atomic E-state index is 0.108. The van der Waals surface area contributed by atoms with Crippen LogP contribution >= 0.6 is 0 Å². The molecule has 1 aliphatic heterocycles. The van der Waals surface area contributed by atoms with Crippen LogP contribution in [0.2, 0.25) is 0 Å². The molecule has 1 fully saturated rings. The van der Waals surface area contributed by atoms with Crippen molar-refractivity contribution in [1.29, 1.82) is 0 Å². The van der Waals surface area contributed by atoms with Gasteiger partial charge in [-0.05, 0) is 56.8 Å². The Morgan fingerprint density at radius 3 is 2.54 bits per heavy atom. The van der Waals surface area contributed by atoms with Crippen molar-refractivity contribution in [2.45, 2.75) is 39.5 Å². The van der Waals surface area contributed by atoms with Crippen LogP contribution in [0.25, 0.3) is 0 Å². The normalized spacial score (nSPS) is 16.4. The number of nitrogens with one attached hydrogen (secondary N) is 2. The van der Waals surface area contributed by atoms with Crippen LogP contribution in [0.5, 0.6) is 11.5 Å². The van der Waals surface area contributed by atoms with Gasteiger partial charge in [-0.25, -0.2) is 0 Å². The van der Waals surface area contributed by atoms with Gasteiger partial charge >= 0.3 is 0 Å². The van der Waals surface area contributed by atoms with Gasteiger partial charge in [0.15, 0.2) is 11.5 Å². The molecule has 0 unspecified atom stereocenters. The van der Waals surface area contributed by atoms with E-state index in [2.05, 4.69) is 17.6 Å². The van der Waals surface area contributed by atoms with Crippen LogP contribution in [0.4, 0.5) is 0 Å². The summed E-state index contributed by atoms with van der Waals surface area (Å²) in [6.45, 7) is 8.17. The second kappa shape index (κ2) is 9.52. The molecule has 1 amide bonds. The maximum atomic E-state index is 12.0. The summed E-state index contributed by atoms with van der Waals surface area (Å²) in [5.74, 6) is 1.60. The van der Waals surface area contributed by atoms with E-state index in [1.807, 2.05) is 31.2 Å². The Morgan fingerprint density at radius 1 is 1.21 bits per heavy atom. The summed E-state index contributed by atoms with van der Waals surface area (Å²) in [7, 11) is 0. The molecule has 0 spiro atoms. The van der Waals surface area contributed by atoms with Crippen LogP contribution in [-0.2, 0) is 4.79 Å². The fourth-order valence-corrected chi connectivity index (χ4v) is 2.87. The zero-order valence-corrected chi connectivity index (χ0v) is 14.9.